The van der Waals surface area contributed by atoms with Crippen molar-refractivity contribution in [1.29, 1.82) is 0 Å². The zero-order valence-corrected chi connectivity index (χ0v) is 16.5. The van der Waals surface area contributed by atoms with E-state index in [0.717, 1.165) is 16.5 Å². The van der Waals surface area contributed by atoms with Gasteiger partial charge in [0.05, 0.1) is 34.8 Å². The van der Waals surface area contributed by atoms with Crippen molar-refractivity contribution < 1.29 is 4.39 Å². The van der Waals surface area contributed by atoms with E-state index < -0.39 is 0 Å². The zero-order valence-electron chi connectivity index (χ0n) is 16.5. The fourth-order valence-corrected chi connectivity index (χ4v) is 3.77. The molecule has 0 spiro atoms. The molecule has 5 aromatic heterocycles. The Hall–Kier alpha value is -4.66. The predicted molar refractivity (Wildman–Crippen MR) is 120 cm³/mol. The second kappa shape index (κ2) is 6.95. The van der Waals surface area contributed by atoms with Crippen molar-refractivity contribution in [3.05, 3.63) is 73.2 Å². The van der Waals surface area contributed by atoms with Crippen molar-refractivity contribution >= 4 is 27.6 Å². The molecule has 0 amide bonds. The maximum absolute atomic E-state index is 14.4. The fraction of sp³-hybridized carbons (Fsp3) is 0. The molecule has 0 atom stereocenters. The Balaban J connectivity index is 1.52. The number of nitrogen functional groups attached to an aromatic ring is 1. The third-order valence-electron chi connectivity index (χ3n) is 5.28. The van der Waals surface area contributed by atoms with Crippen LogP contribution in [-0.2, 0) is 0 Å². The third-order valence-corrected chi connectivity index (χ3v) is 5.28. The van der Waals surface area contributed by atoms with E-state index in [-0.39, 0.29) is 5.82 Å². The summed E-state index contributed by atoms with van der Waals surface area (Å²) in [4.78, 5) is 20.9. The molecule has 1 aromatic carbocycles. The summed E-state index contributed by atoms with van der Waals surface area (Å²) in [7, 11) is 0. The van der Waals surface area contributed by atoms with E-state index in [4.69, 9.17) is 10.7 Å². The largest absolute Gasteiger partial charge is 0.397 e. The molecule has 0 aliphatic heterocycles. The number of aromatic amines is 2. The second-order valence-corrected chi connectivity index (χ2v) is 7.34. The number of aromatic nitrogens is 7. The topological polar surface area (TPSA) is 122 Å². The van der Waals surface area contributed by atoms with Gasteiger partial charge in [0, 0.05) is 40.7 Å². The van der Waals surface area contributed by atoms with Crippen LogP contribution in [0, 0.1) is 5.82 Å². The smallest absolute Gasteiger partial charge is 0.159 e. The summed E-state index contributed by atoms with van der Waals surface area (Å²) >= 11 is 0. The lowest BCUT2D eigenvalue weighted by molar-refractivity contribution is 0.631. The summed E-state index contributed by atoms with van der Waals surface area (Å²) in [5, 5.41) is 8.26. The predicted octanol–water partition coefficient (Wildman–Crippen LogP) is 4.35. The van der Waals surface area contributed by atoms with Crippen LogP contribution >= 0.6 is 0 Å². The molecule has 5 heterocycles. The van der Waals surface area contributed by atoms with E-state index in [9.17, 15) is 4.39 Å². The normalized spacial score (nSPS) is 11.4. The van der Waals surface area contributed by atoms with Gasteiger partial charge < -0.3 is 10.7 Å². The molecule has 0 aliphatic rings. The highest BCUT2D eigenvalue weighted by atomic mass is 19.1. The van der Waals surface area contributed by atoms with Crippen LogP contribution in [0.5, 0.6) is 0 Å². The minimum absolute atomic E-state index is 0.331. The van der Waals surface area contributed by atoms with Crippen molar-refractivity contribution in [3.8, 4) is 33.9 Å². The number of benzene rings is 1. The number of nitrogens with two attached hydrogens (primary N) is 1. The molecule has 8 nitrogen and oxygen atoms in total. The molecule has 32 heavy (non-hydrogen) atoms. The van der Waals surface area contributed by atoms with Crippen LogP contribution < -0.4 is 5.73 Å². The van der Waals surface area contributed by atoms with Crippen molar-refractivity contribution in [3.63, 3.8) is 0 Å². The van der Waals surface area contributed by atoms with E-state index in [1.54, 1.807) is 49.2 Å². The Morgan fingerprint density at radius 1 is 0.875 bits per heavy atom. The molecular formula is C23H15FN8. The SMILES string of the molecule is Nc1cncc(-c2cc3c(-c4nc5c(-c6ccccc6F)cncc5[nH]4)n[nH]c3cn2)c1. The van der Waals surface area contributed by atoms with E-state index >= 15 is 0 Å². The van der Waals surface area contributed by atoms with E-state index in [1.165, 1.54) is 6.07 Å². The Morgan fingerprint density at radius 3 is 2.62 bits per heavy atom. The van der Waals surface area contributed by atoms with E-state index in [2.05, 4.69) is 30.1 Å². The summed E-state index contributed by atoms with van der Waals surface area (Å²) in [6.45, 7) is 0. The average molecular weight is 422 g/mol. The highest BCUT2D eigenvalue weighted by Crippen LogP contribution is 2.32. The number of H-pyrrole nitrogens is 2. The number of rotatable bonds is 3. The first-order valence-electron chi connectivity index (χ1n) is 9.81. The van der Waals surface area contributed by atoms with Crippen LogP contribution in [0.1, 0.15) is 0 Å². The lowest BCUT2D eigenvalue weighted by atomic mass is 10.1. The number of anilines is 1. The van der Waals surface area contributed by atoms with Crippen LogP contribution in [-0.4, -0.2) is 35.1 Å². The Labute approximate surface area is 180 Å². The third kappa shape index (κ3) is 2.87. The van der Waals surface area contributed by atoms with Crippen LogP contribution in [0.15, 0.2) is 67.4 Å². The van der Waals surface area contributed by atoms with Crippen molar-refractivity contribution in [1.82, 2.24) is 35.1 Å². The van der Waals surface area contributed by atoms with Crippen LogP contribution in [0.4, 0.5) is 10.1 Å². The molecule has 6 rings (SSSR count). The Morgan fingerprint density at radius 2 is 1.75 bits per heavy atom. The lowest BCUT2D eigenvalue weighted by Crippen LogP contribution is -1.90. The first kappa shape index (κ1) is 18.1. The molecular weight excluding hydrogens is 407 g/mol. The highest BCUT2D eigenvalue weighted by molar-refractivity contribution is 5.97. The van der Waals surface area contributed by atoms with Crippen molar-refractivity contribution in [2.75, 3.05) is 5.73 Å². The number of nitrogens with one attached hydrogen (secondary N) is 2. The second-order valence-electron chi connectivity index (χ2n) is 7.34. The lowest BCUT2D eigenvalue weighted by Gasteiger charge is -2.03. The summed E-state index contributed by atoms with van der Waals surface area (Å²) in [5.41, 5.74) is 11.7. The zero-order chi connectivity index (χ0) is 21.7. The maximum Gasteiger partial charge on any atom is 0.159 e. The first-order chi connectivity index (χ1) is 15.7. The number of hydrogen-bond donors (Lipinski definition) is 3. The molecule has 6 aromatic rings. The van der Waals surface area contributed by atoms with Gasteiger partial charge in [0.2, 0.25) is 0 Å². The van der Waals surface area contributed by atoms with Gasteiger partial charge in [-0.05, 0) is 18.2 Å². The van der Waals surface area contributed by atoms with Crippen LogP contribution in [0.2, 0.25) is 0 Å². The van der Waals surface area contributed by atoms with E-state index in [0.29, 0.717) is 45.1 Å². The Kier molecular flexibility index (Phi) is 3.94. The fourth-order valence-electron chi connectivity index (χ4n) is 3.77. The van der Waals surface area contributed by atoms with Gasteiger partial charge in [-0.25, -0.2) is 9.37 Å². The number of fused-ring (bicyclic) bond motifs is 2. The van der Waals surface area contributed by atoms with Gasteiger partial charge in [-0.3, -0.25) is 20.1 Å². The molecule has 0 aliphatic carbocycles. The molecule has 0 unspecified atom stereocenters. The molecule has 0 bridgehead atoms. The Bertz CT molecular complexity index is 1620. The number of halogens is 1. The van der Waals surface area contributed by atoms with Gasteiger partial charge in [0.25, 0.3) is 0 Å². The van der Waals surface area contributed by atoms with Crippen molar-refractivity contribution in [2.45, 2.75) is 0 Å². The number of imidazole rings is 1. The minimum atomic E-state index is -0.331. The van der Waals surface area contributed by atoms with Gasteiger partial charge in [-0.1, -0.05) is 18.2 Å². The molecule has 0 fully saturated rings. The standard InChI is InChI=1S/C23H15FN8/c24-17-4-2-1-3-14(17)16-9-27-10-20-21(16)30-23(29-20)22-15-6-18(28-11-19(15)31-32-22)12-5-13(25)8-26-7-12/h1-11H,25H2,(H,29,30)(H,31,32). The summed E-state index contributed by atoms with van der Waals surface area (Å²) in [5.74, 6) is 0.211. The summed E-state index contributed by atoms with van der Waals surface area (Å²) in [6.07, 6.45) is 8.28. The highest BCUT2D eigenvalue weighted by Gasteiger charge is 2.17. The first-order valence-corrected chi connectivity index (χ1v) is 9.81. The van der Waals surface area contributed by atoms with Crippen LogP contribution in [0.3, 0.4) is 0 Å². The van der Waals surface area contributed by atoms with E-state index in [1.807, 2.05) is 12.1 Å². The van der Waals surface area contributed by atoms with Gasteiger partial charge in [-0.2, -0.15) is 5.10 Å². The molecule has 4 N–H and O–H groups in total. The molecule has 0 radical (unpaired) electrons. The molecule has 0 saturated heterocycles. The van der Waals surface area contributed by atoms with Gasteiger partial charge >= 0.3 is 0 Å². The summed E-state index contributed by atoms with van der Waals surface area (Å²) in [6, 6.07) is 10.3. The molecule has 9 heteroatoms. The molecule has 154 valence electrons. The van der Waals surface area contributed by atoms with Gasteiger partial charge in [0.1, 0.15) is 17.0 Å². The summed E-state index contributed by atoms with van der Waals surface area (Å²) < 4.78 is 14.4. The molecule has 0 saturated carbocycles. The quantitative estimate of drug-likeness (QED) is 0.390. The number of pyridine rings is 3. The number of nitrogens with zero attached hydrogens (tertiary/aromatic N) is 5. The van der Waals surface area contributed by atoms with Crippen LogP contribution in [0.25, 0.3) is 55.8 Å². The van der Waals surface area contributed by atoms with Gasteiger partial charge in [0.15, 0.2) is 5.82 Å². The number of hydrogen-bond acceptors (Lipinski definition) is 6. The maximum atomic E-state index is 14.4. The monoisotopic (exact) mass is 422 g/mol. The average Bonchev–Trinajstić information content (AvgIpc) is 3.43. The van der Waals surface area contributed by atoms with Gasteiger partial charge in [-0.15, -0.1) is 0 Å². The minimum Gasteiger partial charge on any atom is -0.397 e. The van der Waals surface area contributed by atoms with Crippen molar-refractivity contribution in [2.24, 2.45) is 0 Å².